The van der Waals surface area contributed by atoms with Crippen LogP contribution in [0.2, 0.25) is 0 Å². The van der Waals surface area contributed by atoms with Gasteiger partial charge in [0.25, 0.3) is 5.91 Å². The molecule has 1 heterocycles. The van der Waals surface area contributed by atoms with Crippen molar-refractivity contribution in [2.45, 2.75) is 0 Å². The second kappa shape index (κ2) is 6.31. The summed E-state index contributed by atoms with van der Waals surface area (Å²) in [6.07, 6.45) is 2.70. The molecule has 1 aromatic heterocycles. The Bertz CT molecular complexity index is 618. The van der Waals surface area contributed by atoms with Crippen LogP contribution in [0.5, 0.6) is 5.75 Å². The Labute approximate surface area is 123 Å². The molecule has 4 N–H and O–H groups in total. The van der Waals surface area contributed by atoms with E-state index in [1.165, 1.54) is 12.4 Å². The third kappa shape index (κ3) is 3.22. The second-order valence-corrected chi connectivity index (χ2v) is 4.59. The molecule has 20 heavy (non-hydrogen) atoms. The van der Waals surface area contributed by atoms with Gasteiger partial charge in [0, 0.05) is 10.5 Å². The zero-order valence-electron chi connectivity index (χ0n) is 10.6. The lowest BCUT2D eigenvalue weighted by Crippen LogP contribution is -2.16. The van der Waals surface area contributed by atoms with E-state index in [2.05, 4.69) is 36.6 Å². The monoisotopic (exact) mass is 337 g/mol. The highest BCUT2D eigenvalue weighted by Crippen LogP contribution is 2.27. The number of benzene rings is 1. The standard InChI is InChI=1S/C12H12BrN5O2/c1-20-7-2-3-8(13)9(4-7)17-12(19)10-5-16-11(18-14)6-15-10/h2-6H,14H2,1H3,(H,16,18)(H,17,19). The number of nitrogens with zero attached hydrogens (tertiary/aromatic N) is 2. The Morgan fingerprint density at radius 2 is 2.15 bits per heavy atom. The van der Waals surface area contributed by atoms with Gasteiger partial charge < -0.3 is 15.5 Å². The Balaban J connectivity index is 2.18. The van der Waals surface area contributed by atoms with Crippen molar-refractivity contribution in [3.05, 3.63) is 40.8 Å². The van der Waals surface area contributed by atoms with E-state index in [1.54, 1.807) is 25.3 Å². The molecular formula is C12H12BrN5O2. The maximum atomic E-state index is 12.0. The molecule has 2 aromatic rings. The Morgan fingerprint density at radius 1 is 1.35 bits per heavy atom. The lowest BCUT2D eigenvalue weighted by Gasteiger charge is -2.09. The molecule has 0 saturated carbocycles. The van der Waals surface area contributed by atoms with Gasteiger partial charge in [-0.1, -0.05) is 0 Å². The van der Waals surface area contributed by atoms with Crippen LogP contribution in [-0.4, -0.2) is 23.0 Å². The van der Waals surface area contributed by atoms with Crippen LogP contribution in [0.15, 0.2) is 35.1 Å². The van der Waals surface area contributed by atoms with Crippen molar-refractivity contribution in [1.29, 1.82) is 0 Å². The van der Waals surface area contributed by atoms with Crippen molar-refractivity contribution in [3.63, 3.8) is 0 Å². The van der Waals surface area contributed by atoms with E-state index >= 15 is 0 Å². The van der Waals surface area contributed by atoms with Crippen LogP contribution >= 0.6 is 15.9 Å². The fourth-order valence-corrected chi connectivity index (χ4v) is 1.78. The summed E-state index contributed by atoms with van der Waals surface area (Å²) in [4.78, 5) is 19.9. The van der Waals surface area contributed by atoms with E-state index in [9.17, 15) is 4.79 Å². The van der Waals surface area contributed by atoms with Gasteiger partial charge >= 0.3 is 0 Å². The lowest BCUT2D eigenvalue weighted by molar-refractivity contribution is 0.102. The van der Waals surface area contributed by atoms with Gasteiger partial charge in [-0.2, -0.15) is 0 Å². The molecule has 0 spiro atoms. The number of rotatable bonds is 4. The van der Waals surface area contributed by atoms with Crippen LogP contribution in [0.25, 0.3) is 0 Å². The number of aromatic nitrogens is 2. The van der Waals surface area contributed by atoms with Crippen LogP contribution in [0, 0.1) is 0 Å². The number of nitrogens with two attached hydrogens (primary N) is 1. The van der Waals surface area contributed by atoms with Crippen molar-refractivity contribution < 1.29 is 9.53 Å². The number of hydrazine groups is 1. The number of amides is 1. The molecule has 0 unspecified atom stereocenters. The first kappa shape index (κ1) is 14.2. The van der Waals surface area contributed by atoms with Crippen LogP contribution < -0.4 is 21.3 Å². The summed E-state index contributed by atoms with van der Waals surface area (Å²) in [5.41, 5.74) is 3.10. The summed E-state index contributed by atoms with van der Waals surface area (Å²) in [6.45, 7) is 0. The number of carbonyl (C=O) groups is 1. The van der Waals surface area contributed by atoms with Crippen LogP contribution in [0.3, 0.4) is 0 Å². The summed E-state index contributed by atoms with van der Waals surface area (Å²) in [6, 6.07) is 5.26. The first-order chi connectivity index (χ1) is 9.63. The summed E-state index contributed by atoms with van der Waals surface area (Å²) < 4.78 is 5.84. The predicted octanol–water partition coefficient (Wildman–Crippen LogP) is 1.79. The fraction of sp³-hybridized carbons (Fsp3) is 0.0833. The molecule has 0 bridgehead atoms. The average Bonchev–Trinajstić information content (AvgIpc) is 2.49. The number of halogens is 1. The van der Waals surface area contributed by atoms with E-state index in [-0.39, 0.29) is 11.6 Å². The molecule has 0 aliphatic heterocycles. The molecule has 0 fully saturated rings. The predicted molar refractivity (Wildman–Crippen MR) is 78.5 cm³/mol. The summed E-state index contributed by atoms with van der Waals surface area (Å²) in [7, 11) is 1.55. The number of nitrogen functional groups attached to an aromatic ring is 1. The van der Waals surface area contributed by atoms with Crippen molar-refractivity contribution in [2.24, 2.45) is 5.84 Å². The van der Waals surface area contributed by atoms with Crippen molar-refractivity contribution in [3.8, 4) is 5.75 Å². The Morgan fingerprint density at radius 3 is 2.75 bits per heavy atom. The van der Waals surface area contributed by atoms with Gasteiger partial charge in [-0.05, 0) is 28.1 Å². The van der Waals surface area contributed by atoms with Gasteiger partial charge in [0.15, 0.2) is 5.82 Å². The maximum absolute atomic E-state index is 12.0. The third-order valence-corrected chi connectivity index (χ3v) is 3.15. The number of carbonyl (C=O) groups excluding carboxylic acids is 1. The molecule has 2 rings (SSSR count). The van der Waals surface area contributed by atoms with Gasteiger partial charge in [-0.3, -0.25) is 4.79 Å². The maximum Gasteiger partial charge on any atom is 0.275 e. The number of methoxy groups -OCH3 is 1. The quantitative estimate of drug-likeness (QED) is 0.580. The van der Waals surface area contributed by atoms with Gasteiger partial charge in [0.2, 0.25) is 0 Å². The first-order valence-corrected chi connectivity index (χ1v) is 6.37. The van der Waals surface area contributed by atoms with Crippen molar-refractivity contribution >= 4 is 33.3 Å². The topological polar surface area (TPSA) is 102 Å². The van der Waals surface area contributed by atoms with E-state index in [0.717, 1.165) is 4.47 Å². The molecule has 1 aromatic carbocycles. The smallest absolute Gasteiger partial charge is 0.275 e. The molecule has 0 atom stereocenters. The number of ether oxygens (including phenoxy) is 1. The Hall–Kier alpha value is -2.19. The minimum atomic E-state index is -0.380. The van der Waals surface area contributed by atoms with Crippen molar-refractivity contribution in [2.75, 3.05) is 17.9 Å². The fourth-order valence-electron chi connectivity index (χ4n) is 1.43. The molecule has 0 saturated heterocycles. The zero-order chi connectivity index (χ0) is 14.5. The van der Waals surface area contributed by atoms with E-state index < -0.39 is 0 Å². The largest absolute Gasteiger partial charge is 0.497 e. The summed E-state index contributed by atoms with van der Waals surface area (Å²) in [5, 5.41) is 2.72. The third-order valence-electron chi connectivity index (χ3n) is 2.45. The van der Waals surface area contributed by atoms with Gasteiger partial charge in [0.1, 0.15) is 11.4 Å². The summed E-state index contributed by atoms with van der Waals surface area (Å²) >= 11 is 3.35. The zero-order valence-corrected chi connectivity index (χ0v) is 12.1. The lowest BCUT2D eigenvalue weighted by atomic mass is 10.3. The van der Waals surface area contributed by atoms with Gasteiger partial charge in [0.05, 0.1) is 25.2 Å². The highest BCUT2D eigenvalue weighted by molar-refractivity contribution is 9.10. The SMILES string of the molecule is COc1ccc(Br)c(NC(=O)c2cnc(NN)cn2)c1. The normalized spacial score (nSPS) is 9.95. The number of anilines is 2. The molecule has 1 amide bonds. The average molecular weight is 338 g/mol. The first-order valence-electron chi connectivity index (χ1n) is 5.57. The number of nitrogens with one attached hydrogen (secondary N) is 2. The van der Waals surface area contributed by atoms with Crippen LogP contribution in [0.1, 0.15) is 10.5 Å². The highest BCUT2D eigenvalue weighted by atomic mass is 79.9. The van der Waals surface area contributed by atoms with Gasteiger partial charge in [-0.15, -0.1) is 0 Å². The second-order valence-electron chi connectivity index (χ2n) is 3.73. The minimum Gasteiger partial charge on any atom is -0.497 e. The van der Waals surface area contributed by atoms with Crippen LogP contribution in [0.4, 0.5) is 11.5 Å². The molecule has 0 aliphatic carbocycles. The molecule has 7 nitrogen and oxygen atoms in total. The van der Waals surface area contributed by atoms with Gasteiger partial charge in [-0.25, -0.2) is 15.8 Å². The molecule has 104 valence electrons. The number of hydrogen-bond acceptors (Lipinski definition) is 6. The molecule has 8 heteroatoms. The van der Waals surface area contributed by atoms with Crippen LogP contribution in [-0.2, 0) is 0 Å². The summed E-state index contributed by atoms with van der Waals surface area (Å²) in [5.74, 6) is 5.81. The molecule has 0 radical (unpaired) electrons. The Kier molecular flexibility index (Phi) is 4.49. The molecule has 0 aliphatic rings. The number of hydrogen-bond donors (Lipinski definition) is 3. The van der Waals surface area contributed by atoms with E-state index in [1.807, 2.05) is 0 Å². The van der Waals surface area contributed by atoms with Crippen molar-refractivity contribution in [1.82, 2.24) is 9.97 Å². The highest BCUT2D eigenvalue weighted by Gasteiger charge is 2.11. The minimum absolute atomic E-state index is 0.179. The van der Waals surface area contributed by atoms with E-state index in [4.69, 9.17) is 10.6 Å². The van der Waals surface area contributed by atoms with E-state index in [0.29, 0.717) is 17.3 Å². The molecular weight excluding hydrogens is 326 g/mol.